The molecule has 180 valence electrons. The number of aryl methyl sites for hydroxylation is 1. The number of hydrogen-bond acceptors (Lipinski definition) is 3. The summed E-state index contributed by atoms with van der Waals surface area (Å²) in [4.78, 5) is 6.72. The molecule has 0 bridgehead atoms. The Morgan fingerprint density at radius 3 is 2.29 bits per heavy atom. The van der Waals surface area contributed by atoms with E-state index in [9.17, 15) is 4.39 Å². The van der Waals surface area contributed by atoms with E-state index < -0.39 is 0 Å². The van der Waals surface area contributed by atoms with Crippen molar-refractivity contribution in [3.63, 3.8) is 0 Å². The van der Waals surface area contributed by atoms with Crippen LogP contribution in [0.3, 0.4) is 0 Å². The summed E-state index contributed by atoms with van der Waals surface area (Å²) in [6.07, 6.45) is 9.03. The van der Waals surface area contributed by atoms with Crippen LogP contribution in [0.25, 0.3) is 22.3 Å². The largest absolute Gasteiger partial charge is 0.379 e. The Labute approximate surface area is 207 Å². The molecule has 1 saturated heterocycles. The zero-order valence-corrected chi connectivity index (χ0v) is 20.1. The van der Waals surface area contributed by atoms with Gasteiger partial charge >= 0.3 is 0 Å². The van der Waals surface area contributed by atoms with Gasteiger partial charge in [-0.2, -0.15) is 0 Å². The van der Waals surface area contributed by atoms with Gasteiger partial charge in [0.1, 0.15) is 5.82 Å². The topological polar surface area (TPSA) is 30.3 Å². The number of pyridine rings is 1. The van der Waals surface area contributed by atoms with Crippen molar-refractivity contribution in [3.8, 4) is 22.3 Å². The molecule has 1 aliphatic rings. The number of hydrogen-bond donors (Lipinski definition) is 0. The molecule has 0 unspecified atom stereocenters. The summed E-state index contributed by atoms with van der Waals surface area (Å²) in [5.41, 5.74) is 7.26. The first-order valence-electron chi connectivity index (χ1n) is 12.5. The van der Waals surface area contributed by atoms with Crippen LogP contribution in [-0.4, -0.2) is 47.3 Å². The second-order valence-electron chi connectivity index (χ2n) is 9.09. The average Bonchev–Trinajstić information content (AvgIpc) is 3.28. The minimum Gasteiger partial charge on any atom is -0.379 e. The number of aromatic nitrogens is 2. The van der Waals surface area contributed by atoms with E-state index in [1.165, 1.54) is 16.8 Å². The first-order chi connectivity index (χ1) is 17.3. The van der Waals surface area contributed by atoms with Gasteiger partial charge in [0, 0.05) is 61.6 Å². The van der Waals surface area contributed by atoms with E-state index in [0.717, 1.165) is 75.3 Å². The van der Waals surface area contributed by atoms with E-state index in [4.69, 9.17) is 4.74 Å². The molecule has 0 N–H and O–H groups in total. The number of nitrogens with zero attached hydrogens (tertiary/aromatic N) is 3. The number of benzene rings is 2. The Bertz CT molecular complexity index is 1200. The third-order valence-electron chi connectivity index (χ3n) is 6.80. The van der Waals surface area contributed by atoms with Crippen LogP contribution >= 0.6 is 0 Å². The van der Waals surface area contributed by atoms with Crippen LogP contribution in [0.5, 0.6) is 0 Å². The van der Waals surface area contributed by atoms with Crippen LogP contribution in [0, 0.1) is 5.82 Å². The van der Waals surface area contributed by atoms with Gasteiger partial charge in [-0.25, -0.2) is 4.39 Å². The molecule has 5 heteroatoms. The molecule has 0 spiro atoms. The summed E-state index contributed by atoms with van der Waals surface area (Å²) in [6.45, 7) is 5.47. The third-order valence-corrected chi connectivity index (χ3v) is 6.80. The van der Waals surface area contributed by atoms with Crippen LogP contribution in [0.1, 0.15) is 17.7 Å². The molecule has 0 saturated carbocycles. The highest BCUT2D eigenvalue weighted by atomic mass is 19.1. The first-order valence-corrected chi connectivity index (χ1v) is 12.5. The maximum atomic E-state index is 13.7. The first kappa shape index (κ1) is 23.5. The van der Waals surface area contributed by atoms with Crippen molar-refractivity contribution in [2.75, 3.05) is 32.8 Å². The second kappa shape index (κ2) is 11.4. The maximum Gasteiger partial charge on any atom is 0.123 e. The van der Waals surface area contributed by atoms with E-state index in [1.807, 2.05) is 24.5 Å². The number of rotatable bonds is 9. The van der Waals surface area contributed by atoms with Gasteiger partial charge in [-0.15, -0.1) is 0 Å². The van der Waals surface area contributed by atoms with Crippen LogP contribution in [0.4, 0.5) is 4.39 Å². The highest BCUT2D eigenvalue weighted by Crippen LogP contribution is 2.37. The van der Waals surface area contributed by atoms with Gasteiger partial charge in [0.05, 0.1) is 13.2 Å². The summed E-state index contributed by atoms with van der Waals surface area (Å²) >= 11 is 0. The zero-order valence-electron chi connectivity index (χ0n) is 20.1. The van der Waals surface area contributed by atoms with Crippen molar-refractivity contribution in [3.05, 3.63) is 102 Å². The Morgan fingerprint density at radius 2 is 1.54 bits per heavy atom. The van der Waals surface area contributed by atoms with Crippen LogP contribution in [-0.2, 0) is 24.1 Å². The molecule has 35 heavy (non-hydrogen) atoms. The molecular weight excluding hydrogens is 437 g/mol. The molecule has 0 amide bonds. The molecule has 0 atom stereocenters. The Morgan fingerprint density at radius 1 is 0.800 bits per heavy atom. The lowest BCUT2D eigenvalue weighted by atomic mass is 9.95. The van der Waals surface area contributed by atoms with E-state index in [0.29, 0.717) is 0 Å². The van der Waals surface area contributed by atoms with Crippen LogP contribution in [0.2, 0.25) is 0 Å². The molecular formula is C30H32FN3O. The summed E-state index contributed by atoms with van der Waals surface area (Å²) < 4.78 is 21.7. The van der Waals surface area contributed by atoms with Gasteiger partial charge in [0.25, 0.3) is 0 Å². The molecule has 0 aliphatic carbocycles. The minimum absolute atomic E-state index is 0.214. The summed E-state index contributed by atoms with van der Waals surface area (Å²) in [5, 5.41) is 0. The Hall–Kier alpha value is -3.28. The lowest BCUT2D eigenvalue weighted by Crippen LogP contribution is -2.38. The quantitative estimate of drug-likeness (QED) is 0.307. The van der Waals surface area contributed by atoms with Crippen molar-refractivity contribution in [1.82, 2.24) is 14.5 Å². The fourth-order valence-electron chi connectivity index (χ4n) is 4.93. The SMILES string of the molecule is Fc1ccc(-c2cn(CCN3CCOCC3)c(CCCc3ccccc3)c2-c2ccncc2)cc1. The molecule has 1 fully saturated rings. The van der Waals surface area contributed by atoms with Crippen molar-refractivity contribution < 1.29 is 9.13 Å². The van der Waals surface area contributed by atoms with Crippen molar-refractivity contribution in [1.29, 1.82) is 0 Å². The number of ether oxygens (including phenoxy) is 1. The maximum absolute atomic E-state index is 13.7. The fraction of sp³-hybridized carbons (Fsp3) is 0.300. The predicted molar refractivity (Wildman–Crippen MR) is 139 cm³/mol. The van der Waals surface area contributed by atoms with Gasteiger partial charge in [0.15, 0.2) is 0 Å². The molecule has 2 aromatic heterocycles. The highest BCUT2D eigenvalue weighted by Gasteiger charge is 2.20. The molecule has 0 radical (unpaired) electrons. The number of halogens is 1. The third kappa shape index (κ3) is 5.87. The molecule has 5 rings (SSSR count). The standard InChI is InChI=1S/C30H32FN3O/c31-27-11-9-25(10-12-27)28-23-34(18-17-33-19-21-35-22-20-33)29(30(28)26-13-15-32-16-14-26)8-4-7-24-5-2-1-3-6-24/h1-3,5-6,9-16,23H,4,7-8,17-22H2. The average molecular weight is 470 g/mol. The highest BCUT2D eigenvalue weighted by molar-refractivity contribution is 5.85. The van der Waals surface area contributed by atoms with Crippen LogP contribution in [0.15, 0.2) is 85.3 Å². The molecule has 4 nitrogen and oxygen atoms in total. The summed E-state index contributed by atoms with van der Waals surface area (Å²) in [5.74, 6) is -0.214. The van der Waals surface area contributed by atoms with Crippen molar-refractivity contribution >= 4 is 0 Å². The Balaban J connectivity index is 1.50. The zero-order chi connectivity index (χ0) is 23.9. The summed E-state index contributed by atoms with van der Waals surface area (Å²) in [6, 6.07) is 21.7. The van der Waals surface area contributed by atoms with E-state index >= 15 is 0 Å². The monoisotopic (exact) mass is 469 g/mol. The van der Waals surface area contributed by atoms with Gasteiger partial charge in [-0.05, 0) is 60.2 Å². The van der Waals surface area contributed by atoms with E-state index in [-0.39, 0.29) is 5.82 Å². The van der Waals surface area contributed by atoms with Gasteiger partial charge in [-0.1, -0.05) is 42.5 Å². The van der Waals surface area contributed by atoms with E-state index in [1.54, 1.807) is 12.1 Å². The lowest BCUT2D eigenvalue weighted by molar-refractivity contribution is 0.0363. The van der Waals surface area contributed by atoms with Crippen LogP contribution < -0.4 is 0 Å². The molecule has 2 aromatic carbocycles. The molecule has 4 aromatic rings. The summed E-state index contributed by atoms with van der Waals surface area (Å²) in [7, 11) is 0. The fourth-order valence-corrected chi connectivity index (χ4v) is 4.93. The van der Waals surface area contributed by atoms with Gasteiger partial charge in [0.2, 0.25) is 0 Å². The van der Waals surface area contributed by atoms with E-state index in [2.05, 4.69) is 63.1 Å². The minimum atomic E-state index is -0.214. The van der Waals surface area contributed by atoms with Gasteiger partial charge < -0.3 is 9.30 Å². The normalized spacial score (nSPS) is 14.3. The lowest BCUT2D eigenvalue weighted by Gasteiger charge is -2.27. The molecule has 1 aliphatic heterocycles. The smallest absolute Gasteiger partial charge is 0.123 e. The number of morpholine rings is 1. The Kier molecular flexibility index (Phi) is 7.66. The van der Waals surface area contributed by atoms with Crippen molar-refractivity contribution in [2.24, 2.45) is 0 Å². The molecule has 3 heterocycles. The van der Waals surface area contributed by atoms with Gasteiger partial charge in [-0.3, -0.25) is 9.88 Å². The van der Waals surface area contributed by atoms with Crippen molar-refractivity contribution in [2.45, 2.75) is 25.8 Å². The predicted octanol–water partition coefficient (Wildman–Crippen LogP) is 5.86. The second-order valence-corrected chi connectivity index (χ2v) is 9.09.